The van der Waals surface area contributed by atoms with Gasteiger partial charge in [-0.1, -0.05) is 0 Å². The molecule has 0 aromatic carbocycles. The minimum absolute atomic E-state index is 0.0248. The van der Waals surface area contributed by atoms with Crippen molar-refractivity contribution in [2.45, 2.75) is 13.5 Å². The molecule has 25 heavy (non-hydrogen) atoms. The predicted octanol–water partition coefficient (Wildman–Crippen LogP) is 1.49. The van der Waals surface area contributed by atoms with E-state index in [4.69, 9.17) is 4.42 Å². The fraction of sp³-hybridized carbons (Fsp3) is 0.412. The minimum Gasteiger partial charge on any atom is -0.469 e. The molecule has 0 spiro atoms. The Morgan fingerprint density at radius 1 is 1.28 bits per heavy atom. The van der Waals surface area contributed by atoms with Crippen LogP contribution in [0.25, 0.3) is 0 Å². The molecule has 2 aromatic rings. The van der Waals surface area contributed by atoms with Gasteiger partial charge in [0.1, 0.15) is 11.6 Å². The standard InChI is InChI=1S/C17H21N3O4S/c1-13-15(5-8-24-13)12-19(2)16-4-3-14(11-18-16)17(21)20-6-9-25(22,23)10-7-20/h3-5,8,11H,6-7,9-10,12H2,1-2H3. The number of amides is 1. The van der Waals surface area contributed by atoms with Crippen LogP contribution in [0.2, 0.25) is 0 Å². The summed E-state index contributed by atoms with van der Waals surface area (Å²) in [6.07, 6.45) is 3.20. The molecule has 1 saturated heterocycles. The molecule has 0 aliphatic carbocycles. The largest absolute Gasteiger partial charge is 0.469 e. The number of hydrogen-bond donors (Lipinski definition) is 0. The van der Waals surface area contributed by atoms with Crippen LogP contribution in [-0.2, 0) is 16.4 Å². The quantitative estimate of drug-likeness (QED) is 0.818. The summed E-state index contributed by atoms with van der Waals surface area (Å²) in [6, 6.07) is 5.45. The van der Waals surface area contributed by atoms with Crippen molar-refractivity contribution in [1.82, 2.24) is 9.88 Å². The van der Waals surface area contributed by atoms with Crippen molar-refractivity contribution in [2.24, 2.45) is 0 Å². The van der Waals surface area contributed by atoms with Crippen LogP contribution in [0.1, 0.15) is 21.7 Å². The fourth-order valence-electron chi connectivity index (χ4n) is 2.75. The number of aromatic nitrogens is 1. The molecule has 134 valence electrons. The number of carbonyl (C=O) groups excluding carboxylic acids is 1. The Morgan fingerprint density at radius 3 is 2.56 bits per heavy atom. The molecule has 0 bridgehead atoms. The third-order valence-electron chi connectivity index (χ3n) is 4.39. The maximum absolute atomic E-state index is 12.5. The van der Waals surface area contributed by atoms with E-state index in [0.717, 1.165) is 17.1 Å². The van der Waals surface area contributed by atoms with Gasteiger partial charge in [0.15, 0.2) is 9.84 Å². The lowest BCUT2D eigenvalue weighted by Gasteiger charge is -2.26. The molecule has 2 aromatic heterocycles. The van der Waals surface area contributed by atoms with Crippen molar-refractivity contribution < 1.29 is 17.6 Å². The van der Waals surface area contributed by atoms with E-state index in [-0.39, 0.29) is 30.5 Å². The number of carbonyl (C=O) groups is 1. The lowest BCUT2D eigenvalue weighted by molar-refractivity contribution is 0.0770. The highest BCUT2D eigenvalue weighted by atomic mass is 32.2. The van der Waals surface area contributed by atoms with E-state index in [2.05, 4.69) is 4.98 Å². The van der Waals surface area contributed by atoms with Crippen LogP contribution < -0.4 is 4.90 Å². The minimum atomic E-state index is -3.00. The molecule has 7 nitrogen and oxygen atoms in total. The van der Waals surface area contributed by atoms with Gasteiger partial charge in [0.05, 0.1) is 23.3 Å². The van der Waals surface area contributed by atoms with Crippen LogP contribution in [0, 0.1) is 6.92 Å². The van der Waals surface area contributed by atoms with Gasteiger partial charge in [0.25, 0.3) is 5.91 Å². The normalized spacial score (nSPS) is 16.6. The molecular formula is C17H21N3O4S. The number of furan rings is 1. The Bertz CT molecular complexity index is 844. The van der Waals surface area contributed by atoms with E-state index in [1.807, 2.05) is 24.9 Å². The monoisotopic (exact) mass is 363 g/mol. The summed E-state index contributed by atoms with van der Waals surface area (Å²) in [5.74, 6) is 1.49. The fourth-order valence-corrected chi connectivity index (χ4v) is 3.95. The first-order valence-electron chi connectivity index (χ1n) is 8.05. The summed E-state index contributed by atoms with van der Waals surface area (Å²) in [4.78, 5) is 20.4. The number of aryl methyl sites for hydroxylation is 1. The van der Waals surface area contributed by atoms with E-state index in [1.165, 1.54) is 0 Å². The maximum atomic E-state index is 12.5. The summed E-state index contributed by atoms with van der Waals surface area (Å²) in [5, 5.41) is 0. The molecule has 0 atom stereocenters. The van der Waals surface area contributed by atoms with Crippen molar-refractivity contribution in [3.05, 3.63) is 47.5 Å². The molecule has 1 amide bonds. The Morgan fingerprint density at radius 2 is 2.00 bits per heavy atom. The van der Waals surface area contributed by atoms with E-state index in [1.54, 1.807) is 29.5 Å². The topological polar surface area (TPSA) is 83.7 Å². The van der Waals surface area contributed by atoms with Crippen LogP contribution in [0.5, 0.6) is 0 Å². The number of nitrogens with zero attached hydrogens (tertiary/aromatic N) is 3. The number of sulfone groups is 1. The molecule has 1 fully saturated rings. The van der Waals surface area contributed by atoms with Crippen LogP contribution in [0.3, 0.4) is 0 Å². The predicted molar refractivity (Wildman–Crippen MR) is 94.3 cm³/mol. The third kappa shape index (κ3) is 4.01. The van der Waals surface area contributed by atoms with E-state index >= 15 is 0 Å². The highest BCUT2D eigenvalue weighted by molar-refractivity contribution is 7.91. The number of rotatable bonds is 4. The van der Waals surface area contributed by atoms with Gasteiger partial charge in [-0.25, -0.2) is 13.4 Å². The first-order chi connectivity index (χ1) is 11.9. The average molecular weight is 363 g/mol. The Kier molecular flexibility index (Phi) is 4.80. The molecule has 0 N–H and O–H groups in total. The number of pyridine rings is 1. The van der Waals surface area contributed by atoms with Crippen molar-refractivity contribution in [3.63, 3.8) is 0 Å². The zero-order valence-corrected chi connectivity index (χ0v) is 15.1. The van der Waals surface area contributed by atoms with Gasteiger partial charge in [0.2, 0.25) is 0 Å². The highest BCUT2D eigenvalue weighted by Gasteiger charge is 2.25. The molecule has 1 aliphatic rings. The smallest absolute Gasteiger partial charge is 0.255 e. The highest BCUT2D eigenvalue weighted by Crippen LogP contribution is 2.17. The Hall–Kier alpha value is -2.35. The first-order valence-corrected chi connectivity index (χ1v) is 9.88. The van der Waals surface area contributed by atoms with Gasteiger partial charge < -0.3 is 14.2 Å². The summed E-state index contributed by atoms with van der Waals surface area (Å²) in [6.45, 7) is 3.05. The average Bonchev–Trinajstić information content (AvgIpc) is 2.99. The first kappa shape index (κ1) is 17.5. The second kappa shape index (κ2) is 6.87. The lowest BCUT2D eigenvalue weighted by Crippen LogP contribution is -2.43. The van der Waals surface area contributed by atoms with E-state index in [0.29, 0.717) is 12.1 Å². The molecule has 0 saturated carbocycles. The van der Waals surface area contributed by atoms with E-state index < -0.39 is 9.84 Å². The SMILES string of the molecule is Cc1occc1CN(C)c1ccc(C(=O)N2CCS(=O)(=O)CC2)cn1. The van der Waals surface area contributed by atoms with Gasteiger partial charge in [-0.05, 0) is 25.1 Å². The van der Waals surface area contributed by atoms with Gasteiger partial charge >= 0.3 is 0 Å². The number of anilines is 1. The molecule has 1 aliphatic heterocycles. The molecule has 3 heterocycles. The molecule has 8 heteroatoms. The Labute approximate surface area is 147 Å². The van der Waals surface area contributed by atoms with Crippen LogP contribution in [0.4, 0.5) is 5.82 Å². The van der Waals surface area contributed by atoms with Crippen molar-refractivity contribution in [2.75, 3.05) is 36.5 Å². The van der Waals surface area contributed by atoms with Crippen molar-refractivity contribution in [3.8, 4) is 0 Å². The molecular weight excluding hydrogens is 342 g/mol. The summed E-state index contributed by atoms with van der Waals surface area (Å²) in [7, 11) is -1.08. The van der Waals surface area contributed by atoms with Crippen LogP contribution in [-0.4, -0.2) is 55.9 Å². The zero-order valence-electron chi connectivity index (χ0n) is 14.3. The van der Waals surface area contributed by atoms with Crippen molar-refractivity contribution in [1.29, 1.82) is 0 Å². The van der Waals surface area contributed by atoms with Gasteiger partial charge in [-0.15, -0.1) is 0 Å². The summed E-state index contributed by atoms with van der Waals surface area (Å²) < 4.78 is 28.2. The van der Waals surface area contributed by atoms with Gasteiger partial charge in [-0.3, -0.25) is 4.79 Å². The molecule has 0 unspecified atom stereocenters. The maximum Gasteiger partial charge on any atom is 0.255 e. The van der Waals surface area contributed by atoms with E-state index in [9.17, 15) is 13.2 Å². The summed E-state index contributed by atoms with van der Waals surface area (Å²) >= 11 is 0. The zero-order chi connectivity index (χ0) is 18.0. The second-order valence-corrected chi connectivity index (χ2v) is 8.51. The van der Waals surface area contributed by atoms with Crippen LogP contribution >= 0.6 is 0 Å². The summed E-state index contributed by atoms with van der Waals surface area (Å²) in [5.41, 5.74) is 1.55. The van der Waals surface area contributed by atoms with Crippen molar-refractivity contribution >= 4 is 21.6 Å². The second-order valence-electron chi connectivity index (χ2n) is 6.21. The van der Waals surface area contributed by atoms with Crippen LogP contribution in [0.15, 0.2) is 35.1 Å². The van der Waals surface area contributed by atoms with Gasteiger partial charge in [-0.2, -0.15) is 0 Å². The lowest BCUT2D eigenvalue weighted by atomic mass is 10.2. The molecule has 3 rings (SSSR count). The number of hydrogen-bond acceptors (Lipinski definition) is 6. The molecule has 0 radical (unpaired) electrons. The third-order valence-corrected chi connectivity index (χ3v) is 6.00. The Balaban J connectivity index is 1.65. The van der Waals surface area contributed by atoms with Gasteiger partial charge in [0, 0.05) is 38.4 Å².